The maximum atomic E-state index is 10.3. The number of halogens is 2. The number of hydrogen-bond donors (Lipinski definition) is 1. The monoisotopic (exact) mass is 185 g/mol. The van der Waals surface area contributed by atoms with Gasteiger partial charge in [0.05, 0.1) is 6.04 Å². The Labute approximate surface area is 72.5 Å². The third-order valence-electron chi connectivity index (χ3n) is 1.16. The Balaban J connectivity index is 0. The summed E-state index contributed by atoms with van der Waals surface area (Å²) in [5, 5.41) is -0.427. The van der Waals surface area contributed by atoms with Gasteiger partial charge in [-0.25, -0.2) is 0 Å². The molecule has 0 aliphatic rings. The molecule has 0 bridgehead atoms. The summed E-state index contributed by atoms with van der Waals surface area (Å²) < 4.78 is 0. The Bertz CT molecular complexity index is 97.7. The highest BCUT2D eigenvalue weighted by Crippen LogP contribution is 2.00. The van der Waals surface area contributed by atoms with E-state index in [1.54, 1.807) is 0 Å². The predicted octanol–water partition coefficient (Wildman–Crippen LogP) is 1.69. The maximum absolute atomic E-state index is 10.3. The highest BCUT2D eigenvalue weighted by molar-refractivity contribution is 6.64. The molecule has 0 aliphatic carbocycles. The first kappa shape index (κ1) is 12.8. The van der Waals surface area contributed by atoms with Gasteiger partial charge >= 0.3 is 0 Å². The van der Waals surface area contributed by atoms with E-state index >= 15 is 0 Å². The Morgan fingerprint density at radius 1 is 1.70 bits per heavy atom. The van der Waals surface area contributed by atoms with Gasteiger partial charge < -0.3 is 5.73 Å². The molecule has 0 heterocycles. The fourth-order valence-electron chi connectivity index (χ4n) is 0.538. The molecule has 0 aromatic rings. The van der Waals surface area contributed by atoms with E-state index in [0.29, 0.717) is 6.42 Å². The van der Waals surface area contributed by atoms with Gasteiger partial charge in [0.2, 0.25) is 5.24 Å². The van der Waals surface area contributed by atoms with E-state index in [1.807, 2.05) is 6.92 Å². The molecule has 0 spiro atoms. The van der Waals surface area contributed by atoms with Gasteiger partial charge in [-0.2, -0.15) is 0 Å². The van der Waals surface area contributed by atoms with Gasteiger partial charge in [0.15, 0.2) is 0 Å². The average molecular weight is 186 g/mol. The number of hydrogen-bond acceptors (Lipinski definition) is 2. The summed E-state index contributed by atoms with van der Waals surface area (Å²) in [6.45, 7) is 2.05. The van der Waals surface area contributed by atoms with Crippen LogP contribution in [0.5, 0.6) is 0 Å². The highest BCUT2D eigenvalue weighted by atomic mass is 35.5. The van der Waals surface area contributed by atoms with Gasteiger partial charge in [-0.1, -0.05) is 19.8 Å². The lowest BCUT2D eigenvalue weighted by Gasteiger charge is -2.02. The third kappa shape index (κ3) is 6.33. The summed E-state index contributed by atoms with van der Waals surface area (Å²) >= 11 is 5.10. The van der Waals surface area contributed by atoms with E-state index in [4.69, 9.17) is 17.3 Å². The van der Waals surface area contributed by atoms with Crippen LogP contribution >= 0.6 is 24.0 Å². The second-order valence-corrected chi connectivity index (χ2v) is 2.43. The number of rotatable bonds is 4. The van der Waals surface area contributed by atoms with E-state index in [0.717, 1.165) is 12.8 Å². The van der Waals surface area contributed by atoms with Crippen LogP contribution < -0.4 is 5.73 Å². The van der Waals surface area contributed by atoms with E-state index in [9.17, 15) is 4.79 Å². The normalized spacial score (nSPS) is 11.9. The molecule has 0 rings (SSSR count). The first-order chi connectivity index (χ1) is 4.18. The largest absolute Gasteiger partial charge is 0.320 e. The SMILES string of the molecule is CCCCC(N)C(=O)Cl.Cl. The van der Waals surface area contributed by atoms with Crippen LogP contribution in [0.25, 0.3) is 0 Å². The molecule has 0 fully saturated rings. The van der Waals surface area contributed by atoms with Crippen LogP contribution in [-0.2, 0) is 4.79 Å². The van der Waals surface area contributed by atoms with E-state index in [2.05, 4.69) is 0 Å². The second-order valence-electron chi connectivity index (χ2n) is 2.05. The van der Waals surface area contributed by atoms with Crippen molar-refractivity contribution in [1.82, 2.24) is 0 Å². The molecule has 10 heavy (non-hydrogen) atoms. The van der Waals surface area contributed by atoms with Crippen LogP contribution in [0.1, 0.15) is 26.2 Å². The minimum Gasteiger partial charge on any atom is -0.320 e. The van der Waals surface area contributed by atoms with Crippen molar-refractivity contribution >= 4 is 29.3 Å². The van der Waals surface area contributed by atoms with Crippen LogP contribution in [0.3, 0.4) is 0 Å². The highest BCUT2D eigenvalue weighted by Gasteiger charge is 2.07. The Kier molecular flexibility index (Phi) is 9.40. The molecule has 4 heteroatoms. The van der Waals surface area contributed by atoms with Crippen molar-refractivity contribution < 1.29 is 4.79 Å². The molecule has 0 radical (unpaired) electrons. The fraction of sp³-hybridized carbons (Fsp3) is 0.833. The zero-order valence-electron chi connectivity index (χ0n) is 5.97. The molecule has 0 saturated carbocycles. The molecule has 0 aromatic carbocycles. The zero-order valence-corrected chi connectivity index (χ0v) is 7.54. The molecule has 0 aromatic heterocycles. The molecule has 62 valence electrons. The van der Waals surface area contributed by atoms with Gasteiger partial charge in [-0.15, -0.1) is 12.4 Å². The first-order valence-electron chi connectivity index (χ1n) is 3.13. The van der Waals surface area contributed by atoms with Gasteiger partial charge in [0.25, 0.3) is 0 Å². The molecule has 0 saturated heterocycles. The van der Waals surface area contributed by atoms with Gasteiger partial charge in [0, 0.05) is 0 Å². The summed E-state index contributed by atoms with van der Waals surface area (Å²) in [5.41, 5.74) is 5.32. The maximum Gasteiger partial charge on any atom is 0.238 e. The van der Waals surface area contributed by atoms with E-state index in [-0.39, 0.29) is 12.4 Å². The molecular weight excluding hydrogens is 173 g/mol. The Morgan fingerprint density at radius 3 is 2.50 bits per heavy atom. The minimum absolute atomic E-state index is 0. The summed E-state index contributed by atoms with van der Waals surface area (Å²) in [5.74, 6) is 0. The van der Waals surface area contributed by atoms with Crippen molar-refractivity contribution in [1.29, 1.82) is 0 Å². The standard InChI is InChI=1S/C6H12ClNO.ClH/c1-2-3-4-5(8)6(7)9;/h5H,2-4,8H2,1H3;1H. The second kappa shape index (κ2) is 7.32. The number of carbonyl (C=O) groups is 1. The Morgan fingerprint density at radius 2 is 2.20 bits per heavy atom. The van der Waals surface area contributed by atoms with Crippen LogP contribution in [0.2, 0.25) is 0 Å². The average Bonchev–Trinajstić information content (AvgIpc) is 1.82. The van der Waals surface area contributed by atoms with Crippen LogP contribution in [0.4, 0.5) is 0 Å². The lowest BCUT2D eigenvalue weighted by atomic mass is 10.1. The molecule has 1 atom stereocenters. The smallest absolute Gasteiger partial charge is 0.238 e. The minimum atomic E-state index is -0.452. The first-order valence-corrected chi connectivity index (χ1v) is 3.51. The zero-order chi connectivity index (χ0) is 7.28. The predicted molar refractivity (Wildman–Crippen MR) is 45.6 cm³/mol. The van der Waals surface area contributed by atoms with Crippen molar-refractivity contribution in [2.75, 3.05) is 0 Å². The van der Waals surface area contributed by atoms with Crippen LogP contribution in [0.15, 0.2) is 0 Å². The van der Waals surface area contributed by atoms with Gasteiger partial charge in [0.1, 0.15) is 0 Å². The van der Waals surface area contributed by atoms with Crippen LogP contribution in [0, 0.1) is 0 Å². The third-order valence-corrected chi connectivity index (χ3v) is 1.44. The van der Waals surface area contributed by atoms with E-state index < -0.39 is 11.3 Å². The summed E-state index contributed by atoms with van der Waals surface area (Å²) in [6, 6.07) is -0.452. The number of carbonyl (C=O) groups excluding carboxylic acids is 1. The summed E-state index contributed by atoms with van der Waals surface area (Å²) in [6.07, 6.45) is 2.73. The van der Waals surface area contributed by atoms with Crippen LogP contribution in [-0.4, -0.2) is 11.3 Å². The molecule has 0 aliphatic heterocycles. The number of unbranched alkanes of at least 4 members (excludes halogenated alkanes) is 1. The molecule has 2 nitrogen and oxygen atoms in total. The van der Waals surface area contributed by atoms with Crippen molar-refractivity contribution in [3.63, 3.8) is 0 Å². The fourth-order valence-corrected chi connectivity index (χ4v) is 0.647. The van der Waals surface area contributed by atoms with E-state index in [1.165, 1.54) is 0 Å². The molecule has 1 unspecified atom stereocenters. The van der Waals surface area contributed by atoms with Crippen molar-refractivity contribution in [3.8, 4) is 0 Å². The number of nitrogens with two attached hydrogens (primary N) is 1. The Hall–Kier alpha value is 0.210. The quantitative estimate of drug-likeness (QED) is 0.679. The lowest BCUT2D eigenvalue weighted by Crippen LogP contribution is -2.26. The van der Waals surface area contributed by atoms with Crippen molar-refractivity contribution in [3.05, 3.63) is 0 Å². The van der Waals surface area contributed by atoms with Gasteiger partial charge in [-0.3, -0.25) is 4.79 Å². The summed E-state index contributed by atoms with van der Waals surface area (Å²) in [4.78, 5) is 10.3. The summed E-state index contributed by atoms with van der Waals surface area (Å²) in [7, 11) is 0. The van der Waals surface area contributed by atoms with Crippen molar-refractivity contribution in [2.45, 2.75) is 32.2 Å². The molecule has 2 N–H and O–H groups in total. The van der Waals surface area contributed by atoms with Crippen molar-refractivity contribution in [2.24, 2.45) is 5.73 Å². The topological polar surface area (TPSA) is 43.1 Å². The lowest BCUT2D eigenvalue weighted by molar-refractivity contribution is -0.112. The molecular formula is C6H13Cl2NO. The van der Waals surface area contributed by atoms with Gasteiger partial charge in [-0.05, 0) is 18.0 Å². The molecule has 0 amide bonds.